The lowest BCUT2D eigenvalue weighted by molar-refractivity contribution is -0.274. The molecule has 11 heteroatoms. The van der Waals surface area contributed by atoms with Gasteiger partial charge in [-0.25, -0.2) is 17.5 Å². The van der Waals surface area contributed by atoms with Gasteiger partial charge < -0.3 is 9.15 Å². The van der Waals surface area contributed by atoms with Crippen molar-refractivity contribution >= 4 is 21.1 Å². The van der Waals surface area contributed by atoms with E-state index in [1.807, 2.05) is 0 Å². The lowest BCUT2D eigenvalue weighted by atomic mass is 10.1. The molecule has 1 aliphatic heterocycles. The minimum atomic E-state index is -4.71. The highest BCUT2D eigenvalue weighted by Crippen LogP contribution is 2.28. The van der Waals surface area contributed by atoms with Gasteiger partial charge in [0.15, 0.2) is 5.58 Å². The number of fused-ring (bicyclic) bond motifs is 1. The van der Waals surface area contributed by atoms with E-state index in [0.717, 1.165) is 31.5 Å². The van der Waals surface area contributed by atoms with Crippen LogP contribution in [0.1, 0.15) is 12.8 Å². The van der Waals surface area contributed by atoms with E-state index in [-0.39, 0.29) is 5.75 Å². The van der Waals surface area contributed by atoms with Crippen LogP contribution >= 0.6 is 0 Å². The Morgan fingerprint density at radius 1 is 1.00 bits per heavy atom. The molecule has 1 aromatic heterocycles. The second kappa shape index (κ2) is 8.75. The highest BCUT2D eigenvalue weighted by molar-refractivity contribution is 7.88. The Morgan fingerprint density at radius 2 is 1.58 bits per heavy atom. The summed E-state index contributed by atoms with van der Waals surface area (Å²) in [5, 5.41) is 0. The molecule has 3 aromatic rings. The second-order valence-electron chi connectivity index (χ2n) is 7.05. The fraction of sp³-hybridized carbons (Fsp3) is 0.350. The standard InChI is InChI=1S/C15H10F3NO3.C5H11NO2S/c1-19-12-8-10(4-7-13(12)21-14(19)20)9-2-5-11(6-3-9)22-15(16,17)18;1-9(7,8)6-4-2-3-5-6/h2-8H,1H3;2-5H2,1H3. The molecule has 7 nitrogen and oxygen atoms in total. The van der Waals surface area contributed by atoms with Gasteiger partial charge in [-0.2, -0.15) is 0 Å². The minimum Gasteiger partial charge on any atom is -0.408 e. The van der Waals surface area contributed by atoms with Gasteiger partial charge in [0.2, 0.25) is 10.0 Å². The van der Waals surface area contributed by atoms with Crippen LogP contribution in [0.3, 0.4) is 0 Å². The number of aryl methyl sites for hydroxylation is 1. The zero-order valence-electron chi connectivity index (χ0n) is 16.8. The fourth-order valence-electron chi connectivity index (χ4n) is 3.18. The van der Waals surface area contributed by atoms with Gasteiger partial charge in [-0.3, -0.25) is 4.57 Å². The van der Waals surface area contributed by atoms with Crippen LogP contribution in [-0.2, 0) is 17.1 Å². The van der Waals surface area contributed by atoms with Gasteiger partial charge in [0.05, 0.1) is 11.8 Å². The minimum absolute atomic E-state index is 0.284. The predicted molar refractivity (Wildman–Crippen MR) is 109 cm³/mol. The molecule has 0 aliphatic carbocycles. The van der Waals surface area contributed by atoms with Crippen molar-refractivity contribution < 1.29 is 30.7 Å². The molecule has 31 heavy (non-hydrogen) atoms. The number of ether oxygens (including phenoxy) is 1. The van der Waals surface area contributed by atoms with E-state index in [4.69, 9.17) is 4.42 Å². The molecular weight excluding hydrogens is 437 g/mol. The van der Waals surface area contributed by atoms with E-state index < -0.39 is 22.1 Å². The van der Waals surface area contributed by atoms with Crippen molar-refractivity contribution in [3.63, 3.8) is 0 Å². The first-order chi connectivity index (χ1) is 14.4. The molecule has 2 heterocycles. The summed E-state index contributed by atoms with van der Waals surface area (Å²) in [6, 6.07) is 10.6. The normalized spacial score (nSPS) is 15.0. The number of oxazole rings is 1. The number of hydrogen-bond acceptors (Lipinski definition) is 5. The summed E-state index contributed by atoms with van der Waals surface area (Å²) in [6.07, 6.45) is -1.41. The predicted octanol–water partition coefficient (Wildman–Crippen LogP) is 3.74. The smallest absolute Gasteiger partial charge is 0.408 e. The lowest BCUT2D eigenvalue weighted by Gasteiger charge is -2.09. The van der Waals surface area contributed by atoms with Crippen molar-refractivity contribution in [2.75, 3.05) is 19.3 Å². The molecule has 0 amide bonds. The van der Waals surface area contributed by atoms with Gasteiger partial charge in [0.25, 0.3) is 0 Å². The van der Waals surface area contributed by atoms with Gasteiger partial charge >= 0.3 is 12.1 Å². The van der Waals surface area contributed by atoms with Gasteiger partial charge in [-0.15, -0.1) is 13.2 Å². The Hall–Kier alpha value is -2.79. The largest absolute Gasteiger partial charge is 0.573 e. The summed E-state index contributed by atoms with van der Waals surface area (Å²) in [4.78, 5) is 11.4. The Labute approximate surface area is 176 Å². The number of hydrogen-bond donors (Lipinski definition) is 0. The van der Waals surface area contributed by atoms with Gasteiger partial charge in [0, 0.05) is 20.1 Å². The van der Waals surface area contributed by atoms with E-state index in [1.165, 1.54) is 39.4 Å². The van der Waals surface area contributed by atoms with Crippen LogP contribution in [0.4, 0.5) is 13.2 Å². The summed E-state index contributed by atoms with van der Waals surface area (Å²) in [6.45, 7) is 1.44. The molecule has 168 valence electrons. The van der Waals surface area contributed by atoms with Crippen molar-refractivity contribution in [2.24, 2.45) is 7.05 Å². The number of nitrogens with zero attached hydrogens (tertiary/aromatic N) is 2. The molecule has 0 spiro atoms. The average Bonchev–Trinajstić information content (AvgIpc) is 3.31. The molecule has 1 saturated heterocycles. The van der Waals surface area contributed by atoms with Gasteiger partial charge in [-0.05, 0) is 48.2 Å². The highest BCUT2D eigenvalue weighted by atomic mass is 32.2. The zero-order chi connectivity index (χ0) is 22.8. The van der Waals surface area contributed by atoms with E-state index in [9.17, 15) is 26.4 Å². The van der Waals surface area contributed by atoms with Crippen LogP contribution in [0.25, 0.3) is 22.2 Å². The third-order valence-corrected chi connectivity index (χ3v) is 6.05. The lowest BCUT2D eigenvalue weighted by Crippen LogP contribution is -2.26. The molecule has 2 aromatic carbocycles. The Kier molecular flexibility index (Phi) is 6.46. The molecule has 0 bridgehead atoms. The monoisotopic (exact) mass is 458 g/mol. The quantitative estimate of drug-likeness (QED) is 0.597. The van der Waals surface area contributed by atoms with Crippen molar-refractivity contribution in [3.05, 3.63) is 53.0 Å². The SMILES string of the molecule is CS(=O)(=O)N1CCCC1.Cn1c(=O)oc2ccc(-c3ccc(OC(F)(F)F)cc3)cc21. The molecule has 0 N–H and O–H groups in total. The van der Waals surface area contributed by atoms with Crippen molar-refractivity contribution in [1.82, 2.24) is 8.87 Å². The topological polar surface area (TPSA) is 81.8 Å². The third kappa shape index (κ3) is 5.88. The molecule has 0 radical (unpaired) electrons. The van der Waals surface area contributed by atoms with Crippen LogP contribution in [-0.4, -0.2) is 43.0 Å². The maximum absolute atomic E-state index is 12.1. The van der Waals surface area contributed by atoms with Crippen molar-refractivity contribution in [3.8, 4) is 16.9 Å². The first-order valence-electron chi connectivity index (χ1n) is 9.35. The highest BCUT2D eigenvalue weighted by Gasteiger charge is 2.31. The molecule has 1 aliphatic rings. The van der Waals surface area contributed by atoms with Crippen LogP contribution in [0.15, 0.2) is 51.7 Å². The summed E-state index contributed by atoms with van der Waals surface area (Å²) >= 11 is 0. The van der Waals surface area contributed by atoms with Crippen molar-refractivity contribution in [2.45, 2.75) is 19.2 Å². The maximum Gasteiger partial charge on any atom is 0.573 e. The average molecular weight is 458 g/mol. The number of halogens is 3. The van der Waals surface area contributed by atoms with E-state index >= 15 is 0 Å². The van der Waals surface area contributed by atoms with Crippen LogP contribution in [0.5, 0.6) is 5.75 Å². The molecule has 0 unspecified atom stereocenters. The summed E-state index contributed by atoms with van der Waals surface area (Å²) < 4.78 is 69.6. The molecule has 0 saturated carbocycles. The number of sulfonamides is 1. The first-order valence-corrected chi connectivity index (χ1v) is 11.2. The van der Waals surface area contributed by atoms with Crippen LogP contribution in [0, 0.1) is 0 Å². The molecular formula is C20H21F3N2O5S. The Morgan fingerprint density at radius 3 is 2.10 bits per heavy atom. The summed E-state index contributed by atoms with van der Waals surface area (Å²) in [5.41, 5.74) is 2.51. The van der Waals surface area contributed by atoms with Crippen LogP contribution in [0.2, 0.25) is 0 Å². The van der Waals surface area contributed by atoms with Crippen LogP contribution < -0.4 is 10.5 Å². The van der Waals surface area contributed by atoms with E-state index in [1.54, 1.807) is 25.2 Å². The first kappa shape index (κ1) is 22.9. The summed E-state index contributed by atoms with van der Waals surface area (Å²) in [7, 11) is -1.29. The molecule has 4 rings (SSSR count). The van der Waals surface area contributed by atoms with Crippen molar-refractivity contribution in [1.29, 1.82) is 0 Å². The number of rotatable bonds is 3. The zero-order valence-corrected chi connectivity index (χ0v) is 17.7. The Bertz CT molecular complexity index is 1210. The third-order valence-electron chi connectivity index (χ3n) is 4.75. The number of aromatic nitrogens is 1. The fourth-order valence-corrected chi connectivity index (χ4v) is 4.10. The molecule has 0 atom stereocenters. The van der Waals surface area contributed by atoms with E-state index in [0.29, 0.717) is 16.7 Å². The number of benzene rings is 2. The molecule has 1 fully saturated rings. The summed E-state index contributed by atoms with van der Waals surface area (Å²) in [5.74, 6) is -0.755. The van der Waals surface area contributed by atoms with Gasteiger partial charge in [0.1, 0.15) is 5.75 Å². The Balaban J connectivity index is 0.000000254. The maximum atomic E-state index is 12.1. The number of alkyl halides is 3. The second-order valence-corrected chi connectivity index (χ2v) is 9.03. The van der Waals surface area contributed by atoms with Gasteiger partial charge in [-0.1, -0.05) is 18.2 Å². The van der Waals surface area contributed by atoms with E-state index in [2.05, 4.69) is 4.74 Å².